The Balaban J connectivity index is 1.41. The first kappa shape index (κ1) is 18.3. The number of carbonyl (C=O) groups is 2. The number of amides is 2. The van der Waals surface area contributed by atoms with E-state index in [1.807, 2.05) is 25.1 Å². The van der Waals surface area contributed by atoms with Crippen molar-refractivity contribution in [2.24, 2.45) is 0 Å². The molecule has 1 aliphatic heterocycles. The second kappa shape index (κ2) is 8.77. The lowest BCUT2D eigenvalue weighted by Crippen LogP contribution is -2.37. The molecule has 26 heavy (non-hydrogen) atoms. The number of carbonyl (C=O) groups excluding carboxylic acids is 2. The van der Waals surface area contributed by atoms with Crippen LogP contribution < -0.4 is 15.5 Å². The Morgan fingerprint density at radius 2 is 2.00 bits per heavy atom. The molecule has 0 aromatic carbocycles. The van der Waals surface area contributed by atoms with Gasteiger partial charge in [-0.1, -0.05) is 6.07 Å². The highest BCUT2D eigenvalue weighted by Crippen LogP contribution is 2.14. The molecule has 0 saturated carbocycles. The average molecular weight is 374 g/mol. The van der Waals surface area contributed by atoms with Crippen LogP contribution in [-0.4, -0.2) is 49.6 Å². The molecule has 1 saturated heterocycles. The first-order valence-corrected chi connectivity index (χ1v) is 9.32. The SMILES string of the molecule is Cc1ccc(C(=O)NCC(=O)NCc2ccc(N3CCOCC3)nc2)s1. The third-order valence-corrected chi connectivity index (χ3v) is 5.01. The summed E-state index contributed by atoms with van der Waals surface area (Å²) in [5.74, 6) is 0.459. The maximum atomic E-state index is 11.9. The largest absolute Gasteiger partial charge is 0.378 e. The summed E-state index contributed by atoms with van der Waals surface area (Å²) in [5, 5.41) is 5.41. The van der Waals surface area contributed by atoms with Crippen molar-refractivity contribution < 1.29 is 14.3 Å². The van der Waals surface area contributed by atoms with E-state index in [9.17, 15) is 9.59 Å². The van der Waals surface area contributed by atoms with Gasteiger partial charge in [-0.15, -0.1) is 11.3 Å². The summed E-state index contributed by atoms with van der Waals surface area (Å²) in [6, 6.07) is 7.54. The number of rotatable bonds is 6. The minimum absolute atomic E-state index is 0.0466. The number of thiophene rings is 1. The molecular weight excluding hydrogens is 352 g/mol. The minimum atomic E-state index is -0.233. The van der Waals surface area contributed by atoms with Crippen molar-refractivity contribution >= 4 is 29.0 Å². The van der Waals surface area contributed by atoms with Gasteiger partial charge in [0.15, 0.2) is 0 Å². The van der Waals surface area contributed by atoms with E-state index in [2.05, 4.69) is 20.5 Å². The second-order valence-corrected chi connectivity index (χ2v) is 7.28. The molecule has 0 atom stereocenters. The predicted molar refractivity (Wildman–Crippen MR) is 101 cm³/mol. The van der Waals surface area contributed by atoms with Crippen LogP contribution in [0.5, 0.6) is 0 Å². The zero-order chi connectivity index (χ0) is 18.4. The quantitative estimate of drug-likeness (QED) is 0.797. The third-order valence-electron chi connectivity index (χ3n) is 4.01. The maximum absolute atomic E-state index is 11.9. The zero-order valence-corrected chi connectivity index (χ0v) is 15.5. The molecule has 0 spiro atoms. The number of aromatic nitrogens is 1. The van der Waals surface area contributed by atoms with Crippen LogP contribution >= 0.6 is 11.3 Å². The first-order valence-electron chi connectivity index (χ1n) is 8.51. The van der Waals surface area contributed by atoms with Crippen LogP contribution in [0.1, 0.15) is 20.1 Å². The van der Waals surface area contributed by atoms with E-state index in [0.717, 1.165) is 42.6 Å². The van der Waals surface area contributed by atoms with Gasteiger partial charge >= 0.3 is 0 Å². The molecule has 2 N–H and O–H groups in total. The molecule has 0 bridgehead atoms. The third kappa shape index (κ3) is 5.03. The van der Waals surface area contributed by atoms with E-state index in [1.54, 1.807) is 12.3 Å². The highest BCUT2D eigenvalue weighted by atomic mass is 32.1. The molecule has 2 amide bonds. The molecule has 3 heterocycles. The summed E-state index contributed by atoms with van der Waals surface area (Å²) < 4.78 is 5.33. The van der Waals surface area contributed by atoms with Crippen LogP contribution in [0.3, 0.4) is 0 Å². The summed E-state index contributed by atoms with van der Waals surface area (Å²) in [6.45, 7) is 5.39. The molecule has 0 unspecified atom stereocenters. The van der Waals surface area contributed by atoms with E-state index in [4.69, 9.17) is 4.74 Å². The molecule has 8 heteroatoms. The fourth-order valence-electron chi connectivity index (χ4n) is 2.57. The molecule has 3 rings (SSSR count). The molecule has 1 aliphatic rings. The van der Waals surface area contributed by atoms with Gasteiger partial charge in [0.1, 0.15) is 5.82 Å². The van der Waals surface area contributed by atoms with Gasteiger partial charge in [-0.3, -0.25) is 9.59 Å². The lowest BCUT2D eigenvalue weighted by atomic mass is 10.2. The second-order valence-electron chi connectivity index (χ2n) is 5.99. The smallest absolute Gasteiger partial charge is 0.261 e. The highest BCUT2D eigenvalue weighted by Gasteiger charge is 2.12. The molecule has 1 fully saturated rings. The molecule has 2 aromatic heterocycles. The Morgan fingerprint density at radius 3 is 2.65 bits per heavy atom. The number of nitrogens with zero attached hydrogens (tertiary/aromatic N) is 2. The summed E-state index contributed by atoms with van der Waals surface area (Å²) in [6.07, 6.45) is 1.76. The Hall–Kier alpha value is -2.45. The van der Waals surface area contributed by atoms with Crippen LogP contribution in [0.25, 0.3) is 0 Å². The fourth-order valence-corrected chi connectivity index (χ4v) is 3.35. The van der Waals surface area contributed by atoms with E-state index in [1.165, 1.54) is 11.3 Å². The van der Waals surface area contributed by atoms with Gasteiger partial charge < -0.3 is 20.3 Å². The van der Waals surface area contributed by atoms with Crippen LogP contribution in [0, 0.1) is 6.92 Å². The van der Waals surface area contributed by atoms with Crippen LogP contribution in [0.15, 0.2) is 30.5 Å². The van der Waals surface area contributed by atoms with Gasteiger partial charge in [0.2, 0.25) is 5.91 Å². The molecule has 0 aliphatic carbocycles. The number of ether oxygens (including phenoxy) is 1. The van der Waals surface area contributed by atoms with Gasteiger partial charge in [-0.2, -0.15) is 0 Å². The maximum Gasteiger partial charge on any atom is 0.261 e. The molecule has 0 radical (unpaired) electrons. The van der Waals surface area contributed by atoms with Crippen LogP contribution in [0.4, 0.5) is 5.82 Å². The number of hydrogen-bond donors (Lipinski definition) is 2. The summed E-state index contributed by atoms with van der Waals surface area (Å²) >= 11 is 1.41. The Kier molecular flexibility index (Phi) is 6.19. The van der Waals surface area contributed by atoms with Gasteiger partial charge in [0.05, 0.1) is 24.6 Å². The number of aryl methyl sites for hydroxylation is 1. The summed E-state index contributed by atoms with van der Waals surface area (Å²) in [7, 11) is 0. The predicted octanol–water partition coefficient (Wildman–Crippen LogP) is 1.33. The van der Waals surface area contributed by atoms with E-state index in [-0.39, 0.29) is 18.4 Å². The minimum Gasteiger partial charge on any atom is -0.378 e. The lowest BCUT2D eigenvalue weighted by molar-refractivity contribution is -0.120. The number of pyridine rings is 1. The van der Waals surface area contributed by atoms with Gasteiger partial charge in [0, 0.05) is 30.7 Å². The molecule has 7 nitrogen and oxygen atoms in total. The topological polar surface area (TPSA) is 83.6 Å². The zero-order valence-electron chi connectivity index (χ0n) is 14.7. The number of hydrogen-bond acceptors (Lipinski definition) is 6. The van der Waals surface area contributed by atoms with Crippen molar-refractivity contribution in [3.63, 3.8) is 0 Å². The fraction of sp³-hybridized carbons (Fsp3) is 0.389. The van der Waals surface area contributed by atoms with Crippen molar-refractivity contribution in [1.82, 2.24) is 15.6 Å². The Labute approximate surface area is 156 Å². The van der Waals surface area contributed by atoms with Crippen molar-refractivity contribution in [2.75, 3.05) is 37.7 Å². The first-order chi connectivity index (χ1) is 12.6. The number of nitrogens with one attached hydrogen (secondary N) is 2. The van der Waals surface area contributed by atoms with Gasteiger partial charge in [-0.05, 0) is 30.7 Å². The van der Waals surface area contributed by atoms with Crippen LogP contribution in [0.2, 0.25) is 0 Å². The molecule has 2 aromatic rings. The standard InChI is InChI=1S/C18H22N4O3S/c1-13-2-4-15(26-13)18(24)21-12-17(23)20-11-14-3-5-16(19-10-14)22-6-8-25-9-7-22/h2-5,10H,6-9,11-12H2,1H3,(H,20,23)(H,21,24). The number of morpholine rings is 1. The van der Waals surface area contributed by atoms with E-state index < -0.39 is 0 Å². The molecule has 138 valence electrons. The summed E-state index contributed by atoms with van der Waals surface area (Å²) in [5.41, 5.74) is 0.913. The van der Waals surface area contributed by atoms with Crippen molar-refractivity contribution in [1.29, 1.82) is 0 Å². The highest BCUT2D eigenvalue weighted by molar-refractivity contribution is 7.13. The molecular formula is C18H22N4O3S. The van der Waals surface area contributed by atoms with Crippen molar-refractivity contribution in [2.45, 2.75) is 13.5 Å². The number of anilines is 1. The monoisotopic (exact) mass is 374 g/mol. The normalized spacial score (nSPS) is 14.1. The Morgan fingerprint density at radius 1 is 1.19 bits per heavy atom. The lowest BCUT2D eigenvalue weighted by Gasteiger charge is -2.27. The van der Waals surface area contributed by atoms with Gasteiger partial charge in [-0.25, -0.2) is 4.98 Å². The Bertz CT molecular complexity index is 754. The van der Waals surface area contributed by atoms with E-state index in [0.29, 0.717) is 11.4 Å². The van der Waals surface area contributed by atoms with Crippen molar-refractivity contribution in [3.8, 4) is 0 Å². The summed E-state index contributed by atoms with van der Waals surface area (Å²) in [4.78, 5) is 32.1. The van der Waals surface area contributed by atoms with Gasteiger partial charge in [0.25, 0.3) is 5.91 Å². The average Bonchev–Trinajstić information content (AvgIpc) is 3.12. The van der Waals surface area contributed by atoms with Crippen LogP contribution in [-0.2, 0) is 16.1 Å². The van der Waals surface area contributed by atoms with Crippen molar-refractivity contribution in [3.05, 3.63) is 45.8 Å². The van der Waals surface area contributed by atoms with E-state index >= 15 is 0 Å².